The van der Waals surface area contributed by atoms with Crippen LogP contribution in [0.1, 0.15) is 16.9 Å². The molecule has 0 fully saturated rings. The van der Waals surface area contributed by atoms with Gasteiger partial charge < -0.3 is 5.11 Å². The van der Waals surface area contributed by atoms with Gasteiger partial charge in [-0.3, -0.25) is 5.32 Å². The van der Waals surface area contributed by atoms with Crippen LogP contribution in [0.4, 0.5) is 10.5 Å². The Morgan fingerprint density at radius 2 is 2.00 bits per heavy atom. The highest BCUT2D eigenvalue weighted by Crippen LogP contribution is 2.44. The minimum atomic E-state index is -0.986. The van der Waals surface area contributed by atoms with Crippen LogP contribution in [0.15, 0.2) is 30.3 Å². The van der Waals surface area contributed by atoms with Crippen molar-refractivity contribution < 1.29 is 9.90 Å². The molecule has 4 heteroatoms. The van der Waals surface area contributed by atoms with Gasteiger partial charge in [0.05, 0.1) is 10.6 Å². The summed E-state index contributed by atoms with van der Waals surface area (Å²) in [6.07, 6.45) is 2.19. The molecule has 2 aromatic rings. The van der Waals surface area contributed by atoms with Crippen LogP contribution >= 0.6 is 11.3 Å². The predicted octanol–water partition coefficient (Wildman–Crippen LogP) is 3.99. The first-order chi connectivity index (χ1) is 8.75. The van der Waals surface area contributed by atoms with Gasteiger partial charge in [-0.25, -0.2) is 4.79 Å². The topological polar surface area (TPSA) is 49.3 Å². The summed E-state index contributed by atoms with van der Waals surface area (Å²) in [5.74, 6) is 0. The maximum Gasteiger partial charge on any atom is 0.409 e. The standard InChI is InChI=1S/C14H13NO2S/c16-14(17)15-12-10-7-4-8-11(10)18-13(12)9-5-2-1-3-6-9/h1-3,5-6,15H,4,7-8H2,(H,16,17). The van der Waals surface area contributed by atoms with E-state index in [9.17, 15) is 4.79 Å². The van der Waals surface area contributed by atoms with Crippen LogP contribution in [-0.2, 0) is 12.8 Å². The van der Waals surface area contributed by atoms with Crippen molar-refractivity contribution in [2.45, 2.75) is 19.3 Å². The van der Waals surface area contributed by atoms with Crippen LogP contribution in [0.2, 0.25) is 0 Å². The largest absolute Gasteiger partial charge is 0.465 e. The fraction of sp³-hybridized carbons (Fsp3) is 0.214. The number of benzene rings is 1. The van der Waals surface area contributed by atoms with Crippen LogP contribution in [0.5, 0.6) is 0 Å². The van der Waals surface area contributed by atoms with Crippen molar-refractivity contribution in [2.24, 2.45) is 0 Å². The number of hydrogen-bond donors (Lipinski definition) is 2. The Morgan fingerprint density at radius 1 is 1.22 bits per heavy atom. The fourth-order valence-electron chi connectivity index (χ4n) is 2.44. The third-order valence-corrected chi connectivity index (χ3v) is 4.53. The highest BCUT2D eigenvalue weighted by atomic mass is 32.1. The van der Waals surface area contributed by atoms with Crippen molar-refractivity contribution in [3.8, 4) is 10.4 Å². The lowest BCUT2D eigenvalue weighted by Gasteiger charge is -2.06. The molecule has 18 heavy (non-hydrogen) atoms. The van der Waals surface area contributed by atoms with Crippen molar-refractivity contribution in [2.75, 3.05) is 5.32 Å². The normalized spacial score (nSPS) is 13.3. The third kappa shape index (κ3) is 1.88. The first-order valence-corrected chi connectivity index (χ1v) is 6.77. The van der Waals surface area contributed by atoms with Crippen molar-refractivity contribution >= 4 is 23.1 Å². The molecule has 3 rings (SSSR count). The van der Waals surface area contributed by atoms with E-state index in [0.717, 1.165) is 35.4 Å². The molecule has 92 valence electrons. The van der Waals surface area contributed by atoms with Crippen LogP contribution < -0.4 is 5.32 Å². The van der Waals surface area contributed by atoms with Gasteiger partial charge in [0.25, 0.3) is 0 Å². The maximum atomic E-state index is 10.9. The van der Waals surface area contributed by atoms with Gasteiger partial charge in [-0.15, -0.1) is 11.3 Å². The summed E-state index contributed by atoms with van der Waals surface area (Å²) >= 11 is 1.72. The Kier molecular flexibility index (Phi) is 2.80. The van der Waals surface area contributed by atoms with Crippen LogP contribution in [0, 0.1) is 0 Å². The van der Waals surface area contributed by atoms with Gasteiger partial charge in [0.1, 0.15) is 0 Å². The molecule has 0 unspecified atom stereocenters. The lowest BCUT2D eigenvalue weighted by molar-refractivity contribution is 0.209. The number of hydrogen-bond acceptors (Lipinski definition) is 2. The average molecular weight is 259 g/mol. The number of rotatable bonds is 2. The summed E-state index contributed by atoms with van der Waals surface area (Å²) in [5.41, 5.74) is 3.08. The minimum Gasteiger partial charge on any atom is -0.465 e. The predicted molar refractivity (Wildman–Crippen MR) is 73.4 cm³/mol. The summed E-state index contributed by atoms with van der Waals surface area (Å²) < 4.78 is 0. The van der Waals surface area contributed by atoms with E-state index in [2.05, 4.69) is 5.32 Å². The molecule has 1 aliphatic carbocycles. The molecular formula is C14H13NO2S. The van der Waals surface area contributed by atoms with E-state index in [0.29, 0.717) is 0 Å². The lowest BCUT2D eigenvalue weighted by atomic mass is 10.1. The van der Waals surface area contributed by atoms with E-state index >= 15 is 0 Å². The molecule has 1 aromatic heterocycles. The Balaban J connectivity index is 2.12. The monoisotopic (exact) mass is 259 g/mol. The molecule has 1 aliphatic rings. The second-order valence-corrected chi connectivity index (χ2v) is 5.46. The highest BCUT2D eigenvalue weighted by Gasteiger charge is 2.23. The Bertz CT molecular complexity index is 589. The van der Waals surface area contributed by atoms with Gasteiger partial charge in [-0.2, -0.15) is 0 Å². The minimum absolute atomic E-state index is 0.797. The molecule has 0 spiro atoms. The number of carbonyl (C=O) groups is 1. The third-order valence-electron chi connectivity index (χ3n) is 3.19. The number of thiophene rings is 1. The quantitative estimate of drug-likeness (QED) is 0.856. The Hall–Kier alpha value is -1.81. The van der Waals surface area contributed by atoms with Gasteiger partial charge in [0, 0.05) is 4.88 Å². The number of amides is 1. The number of carboxylic acid groups (broad SMARTS) is 1. The molecule has 0 radical (unpaired) electrons. The van der Waals surface area contributed by atoms with Gasteiger partial charge in [0.2, 0.25) is 0 Å². The van der Waals surface area contributed by atoms with Gasteiger partial charge in [-0.1, -0.05) is 30.3 Å². The molecule has 0 aliphatic heterocycles. The molecule has 1 aromatic carbocycles. The fourth-order valence-corrected chi connectivity index (χ4v) is 3.79. The first-order valence-electron chi connectivity index (χ1n) is 5.95. The highest BCUT2D eigenvalue weighted by molar-refractivity contribution is 7.16. The molecule has 0 bridgehead atoms. The van der Waals surface area contributed by atoms with E-state index in [1.165, 1.54) is 10.4 Å². The number of aryl methyl sites for hydroxylation is 1. The molecule has 1 amide bonds. The van der Waals surface area contributed by atoms with E-state index in [1.54, 1.807) is 11.3 Å². The van der Waals surface area contributed by atoms with Gasteiger partial charge in [-0.05, 0) is 30.4 Å². The SMILES string of the molecule is O=C(O)Nc1c(-c2ccccc2)sc2c1CCC2. The lowest BCUT2D eigenvalue weighted by Crippen LogP contribution is -2.08. The van der Waals surface area contributed by atoms with Crippen LogP contribution in [-0.4, -0.2) is 11.2 Å². The van der Waals surface area contributed by atoms with Crippen molar-refractivity contribution in [1.29, 1.82) is 0 Å². The van der Waals surface area contributed by atoms with E-state index < -0.39 is 6.09 Å². The molecule has 1 heterocycles. The zero-order valence-corrected chi connectivity index (χ0v) is 10.6. The van der Waals surface area contributed by atoms with E-state index in [-0.39, 0.29) is 0 Å². The zero-order chi connectivity index (χ0) is 12.5. The summed E-state index contributed by atoms with van der Waals surface area (Å²) in [6, 6.07) is 9.96. The molecule has 0 saturated heterocycles. The smallest absolute Gasteiger partial charge is 0.409 e. The molecule has 0 saturated carbocycles. The Morgan fingerprint density at radius 3 is 2.72 bits per heavy atom. The number of fused-ring (bicyclic) bond motifs is 1. The van der Waals surface area contributed by atoms with Gasteiger partial charge >= 0.3 is 6.09 Å². The Labute approximate surface area is 109 Å². The van der Waals surface area contributed by atoms with Crippen LogP contribution in [0.25, 0.3) is 10.4 Å². The maximum absolute atomic E-state index is 10.9. The molecule has 3 nitrogen and oxygen atoms in total. The summed E-state index contributed by atoms with van der Waals surface area (Å²) in [6.45, 7) is 0. The van der Waals surface area contributed by atoms with Crippen molar-refractivity contribution in [3.05, 3.63) is 40.8 Å². The zero-order valence-electron chi connectivity index (χ0n) is 9.77. The van der Waals surface area contributed by atoms with Gasteiger partial charge in [0.15, 0.2) is 0 Å². The summed E-state index contributed by atoms with van der Waals surface area (Å²) in [7, 11) is 0. The summed E-state index contributed by atoms with van der Waals surface area (Å²) in [4.78, 5) is 13.3. The molecule has 0 atom stereocenters. The van der Waals surface area contributed by atoms with Crippen molar-refractivity contribution in [3.63, 3.8) is 0 Å². The first kappa shape index (κ1) is 11.3. The van der Waals surface area contributed by atoms with Crippen molar-refractivity contribution in [1.82, 2.24) is 0 Å². The number of nitrogens with one attached hydrogen (secondary N) is 1. The average Bonchev–Trinajstić information content (AvgIpc) is 2.93. The van der Waals surface area contributed by atoms with E-state index in [4.69, 9.17) is 5.11 Å². The van der Waals surface area contributed by atoms with Crippen LogP contribution in [0.3, 0.4) is 0 Å². The van der Waals surface area contributed by atoms with E-state index in [1.807, 2.05) is 30.3 Å². The second kappa shape index (κ2) is 4.46. The number of anilines is 1. The second-order valence-electron chi connectivity index (χ2n) is 4.36. The molecular weight excluding hydrogens is 246 g/mol. The summed E-state index contributed by atoms with van der Waals surface area (Å²) in [5, 5.41) is 11.6. The molecule has 2 N–H and O–H groups in total.